The predicted octanol–water partition coefficient (Wildman–Crippen LogP) is 4.29. The van der Waals surface area contributed by atoms with Gasteiger partial charge in [-0.15, -0.1) is 0 Å². The van der Waals surface area contributed by atoms with Crippen LogP contribution in [0.5, 0.6) is 0 Å². The average Bonchev–Trinajstić information content (AvgIpc) is 2.64. The second-order valence-corrected chi connectivity index (χ2v) is 9.14. The zero-order valence-corrected chi connectivity index (χ0v) is 16.5. The number of nitrogens with one attached hydrogen (secondary N) is 1. The van der Waals surface area contributed by atoms with Gasteiger partial charge in [0.1, 0.15) is 5.78 Å². The minimum atomic E-state index is -4.12. The van der Waals surface area contributed by atoms with Crippen molar-refractivity contribution in [3.05, 3.63) is 65.2 Å². The lowest BCUT2D eigenvalue weighted by atomic mass is 10.1. The molecule has 0 amide bonds. The predicted molar refractivity (Wildman–Crippen MR) is 107 cm³/mol. The van der Waals surface area contributed by atoms with Crippen LogP contribution in [0.15, 0.2) is 54.6 Å². The molecule has 7 nitrogen and oxygen atoms in total. The van der Waals surface area contributed by atoms with Crippen LogP contribution in [0.4, 0.5) is 5.69 Å². The fourth-order valence-electron chi connectivity index (χ4n) is 2.79. The molecule has 0 aliphatic carbocycles. The van der Waals surface area contributed by atoms with Crippen LogP contribution in [0.3, 0.4) is 0 Å². The molecule has 0 heterocycles. The number of benzene rings is 2. The molecule has 150 valence electrons. The minimum Gasteiger partial charge on any atom is -0.481 e. The van der Waals surface area contributed by atoms with Gasteiger partial charge >= 0.3 is 11.9 Å². The molecular formula is C19H21ClNO6P. The number of carboxylic acid groups (broad SMARTS) is 2. The fraction of sp³-hybridized carbons (Fsp3) is 0.263. The highest BCUT2D eigenvalue weighted by atomic mass is 35.5. The molecule has 28 heavy (non-hydrogen) atoms. The Morgan fingerprint density at radius 1 is 1.04 bits per heavy atom. The first kappa shape index (κ1) is 22.0. The first-order valence-corrected chi connectivity index (χ1v) is 10.8. The lowest BCUT2D eigenvalue weighted by molar-refractivity contribution is -0.142. The fourth-order valence-corrected chi connectivity index (χ4v) is 5.14. The highest BCUT2D eigenvalue weighted by Gasteiger charge is 2.37. The molecule has 0 radical (unpaired) electrons. The number of hydrogen-bond acceptors (Lipinski definition) is 4. The van der Waals surface area contributed by atoms with Gasteiger partial charge in [0.2, 0.25) is 7.37 Å². The van der Waals surface area contributed by atoms with E-state index in [4.69, 9.17) is 16.7 Å². The van der Waals surface area contributed by atoms with Crippen molar-refractivity contribution in [3.8, 4) is 0 Å². The second-order valence-electron chi connectivity index (χ2n) is 6.34. The van der Waals surface area contributed by atoms with E-state index in [0.29, 0.717) is 16.3 Å². The van der Waals surface area contributed by atoms with Crippen molar-refractivity contribution in [2.45, 2.75) is 18.6 Å². The van der Waals surface area contributed by atoms with Gasteiger partial charge in [-0.1, -0.05) is 54.1 Å². The normalized spacial score (nSPS) is 15.2. The number of aliphatic carboxylic acids is 2. The molecule has 4 N–H and O–H groups in total. The Hall–Kier alpha value is -2.34. The molecule has 2 aromatic carbocycles. The van der Waals surface area contributed by atoms with Gasteiger partial charge < -0.3 is 20.4 Å². The summed E-state index contributed by atoms with van der Waals surface area (Å²) in [4.78, 5) is 33.1. The van der Waals surface area contributed by atoms with Gasteiger partial charge in [-0.05, 0) is 24.1 Å². The first-order chi connectivity index (χ1) is 13.2. The highest BCUT2D eigenvalue weighted by Crippen LogP contribution is 2.57. The molecule has 2 rings (SSSR count). The van der Waals surface area contributed by atoms with Crippen molar-refractivity contribution >= 4 is 36.6 Å². The average molecular weight is 426 g/mol. The third-order valence-electron chi connectivity index (χ3n) is 4.22. The summed E-state index contributed by atoms with van der Waals surface area (Å²) in [6.45, 7) is 0. The van der Waals surface area contributed by atoms with E-state index in [2.05, 4.69) is 5.32 Å². The Morgan fingerprint density at radius 2 is 1.64 bits per heavy atom. The summed E-state index contributed by atoms with van der Waals surface area (Å²) >= 11 is 6.15. The zero-order chi connectivity index (χ0) is 20.7. The van der Waals surface area contributed by atoms with Crippen molar-refractivity contribution in [1.82, 2.24) is 0 Å². The van der Waals surface area contributed by atoms with Gasteiger partial charge in [0.15, 0.2) is 0 Å². The third-order valence-corrected chi connectivity index (χ3v) is 6.75. The molecule has 0 bridgehead atoms. The van der Waals surface area contributed by atoms with Crippen molar-refractivity contribution in [2.75, 3.05) is 11.5 Å². The van der Waals surface area contributed by atoms with Crippen LogP contribution in [0.25, 0.3) is 0 Å². The number of anilines is 1. The van der Waals surface area contributed by atoms with E-state index < -0.39 is 43.6 Å². The quantitative estimate of drug-likeness (QED) is 0.418. The van der Waals surface area contributed by atoms with E-state index in [9.17, 15) is 24.2 Å². The van der Waals surface area contributed by atoms with Gasteiger partial charge in [-0.25, -0.2) is 0 Å². The second kappa shape index (κ2) is 9.73. The van der Waals surface area contributed by atoms with Crippen LogP contribution in [-0.2, 0) is 14.2 Å². The van der Waals surface area contributed by atoms with Crippen molar-refractivity contribution in [3.63, 3.8) is 0 Å². The van der Waals surface area contributed by atoms with Crippen LogP contribution in [-0.4, -0.2) is 33.2 Å². The lowest BCUT2D eigenvalue weighted by Gasteiger charge is -2.28. The van der Waals surface area contributed by atoms with Gasteiger partial charge in [-0.3, -0.25) is 14.2 Å². The maximum absolute atomic E-state index is 13.2. The van der Waals surface area contributed by atoms with Crippen LogP contribution >= 0.6 is 19.0 Å². The SMILES string of the molecule is O=C(O)CCC(CP(=O)(O)C(Nc1ccccc1Cl)c1ccccc1)C(=O)O. The summed E-state index contributed by atoms with van der Waals surface area (Å²) in [6.07, 6.45) is -1.19. The summed E-state index contributed by atoms with van der Waals surface area (Å²) in [5, 5.41) is 21.5. The molecule has 0 saturated heterocycles. The lowest BCUT2D eigenvalue weighted by Crippen LogP contribution is -2.23. The van der Waals surface area contributed by atoms with E-state index in [1.807, 2.05) is 0 Å². The molecule has 0 spiro atoms. The van der Waals surface area contributed by atoms with Crippen molar-refractivity contribution in [2.24, 2.45) is 5.92 Å². The van der Waals surface area contributed by atoms with Crippen LogP contribution in [0.2, 0.25) is 5.02 Å². The van der Waals surface area contributed by atoms with Gasteiger partial charge in [0.25, 0.3) is 0 Å². The standard InChI is InChI=1S/C19H21ClNO6P/c20-15-8-4-5-9-16(15)21-18(13-6-2-1-3-7-13)28(26,27)12-14(19(24)25)10-11-17(22)23/h1-9,14,18,21H,10-12H2,(H,22,23)(H,24,25)(H,26,27). The third kappa shape index (κ3) is 6.09. The van der Waals surface area contributed by atoms with Gasteiger partial charge in [-0.2, -0.15) is 0 Å². The van der Waals surface area contributed by atoms with E-state index in [-0.39, 0.29) is 6.42 Å². The van der Waals surface area contributed by atoms with Gasteiger partial charge in [0.05, 0.1) is 16.6 Å². The Labute approximate surface area is 167 Å². The molecule has 0 aromatic heterocycles. The number of carbonyl (C=O) groups is 2. The maximum Gasteiger partial charge on any atom is 0.307 e. The van der Waals surface area contributed by atoms with Crippen molar-refractivity contribution < 1.29 is 29.3 Å². The van der Waals surface area contributed by atoms with Crippen molar-refractivity contribution in [1.29, 1.82) is 0 Å². The Balaban J connectivity index is 2.34. The number of halogens is 1. The molecular weight excluding hydrogens is 405 g/mol. The van der Waals surface area contributed by atoms with Crippen LogP contribution in [0, 0.1) is 5.92 Å². The summed E-state index contributed by atoms with van der Waals surface area (Å²) in [7, 11) is -4.12. The molecule has 3 unspecified atom stereocenters. The number of para-hydroxylation sites is 1. The monoisotopic (exact) mass is 425 g/mol. The number of rotatable bonds is 10. The Kier molecular flexibility index (Phi) is 7.63. The van der Waals surface area contributed by atoms with Crippen LogP contribution in [0.1, 0.15) is 24.2 Å². The first-order valence-electron chi connectivity index (χ1n) is 8.53. The molecule has 0 fully saturated rings. The van der Waals surface area contributed by atoms with E-state index >= 15 is 0 Å². The van der Waals surface area contributed by atoms with Gasteiger partial charge in [0, 0.05) is 12.6 Å². The molecule has 0 saturated carbocycles. The molecule has 0 aliphatic heterocycles. The molecule has 9 heteroatoms. The Morgan fingerprint density at radius 3 is 2.21 bits per heavy atom. The summed E-state index contributed by atoms with van der Waals surface area (Å²) < 4.78 is 13.2. The van der Waals surface area contributed by atoms with E-state index in [1.165, 1.54) is 0 Å². The number of hydrogen-bond donors (Lipinski definition) is 4. The zero-order valence-electron chi connectivity index (χ0n) is 14.9. The van der Waals surface area contributed by atoms with Crippen LogP contribution < -0.4 is 5.32 Å². The Bertz CT molecular complexity index is 876. The largest absolute Gasteiger partial charge is 0.481 e. The summed E-state index contributed by atoms with van der Waals surface area (Å²) in [5.74, 6) is -4.82. The minimum absolute atomic E-state index is 0.233. The molecule has 0 aliphatic rings. The molecule has 3 atom stereocenters. The summed E-state index contributed by atoms with van der Waals surface area (Å²) in [5.41, 5.74) is 0.931. The molecule has 2 aromatic rings. The smallest absolute Gasteiger partial charge is 0.307 e. The maximum atomic E-state index is 13.2. The highest BCUT2D eigenvalue weighted by molar-refractivity contribution is 7.58. The summed E-state index contributed by atoms with van der Waals surface area (Å²) in [6, 6.07) is 15.2. The number of carboxylic acids is 2. The van der Waals surface area contributed by atoms with E-state index in [0.717, 1.165) is 0 Å². The van der Waals surface area contributed by atoms with E-state index in [1.54, 1.807) is 54.6 Å². The topological polar surface area (TPSA) is 124 Å².